The van der Waals surface area contributed by atoms with Gasteiger partial charge in [-0.3, -0.25) is 0 Å². The van der Waals surface area contributed by atoms with E-state index in [1.165, 1.54) is 71.6 Å². The van der Waals surface area contributed by atoms with Gasteiger partial charge in [-0.1, -0.05) is 200 Å². The highest BCUT2D eigenvalue weighted by Crippen LogP contribution is 2.51. The van der Waals surface area contributed by atoms with E-state index in [-0.39, 0.29) is 0 Å². The van der Waals surface area contributed by atoms with Crippen molar-refractivity contribution in [2.24, 2.45) is 0 Å². The van der Waals surface area contributed by atoms with Gasteiger partial charge in [0.2, 0.25) is 0 Å². The Morgan fingerprint density at radius 1 is 0.232 bits per heavy atom. The second-order valence-corrected chi connectivity index (χ2v) is 14.3. The maximum atomic E-state index is 4.96. The zero-order chi connectivity index (χ0) is 37.0. The van der Waals surface area contributed by atoms with Crippen LogP contribution < -0.4 is 0 Å². The Morgan fingerprint density at radius 2 is 0.679 bits per heavy atom. The van der Waals surface area contributed by atoms with Gasteiger partial charge >= 0.3 is 0 Å². The molecule has 10 aromatic rings. The molecule has 56 heavy (non-hydrogen) atoms. The van der Waals surface area contributed by atoms with Crippen LogP contribution in [0.15, 0.2) is 200 Å². The molecule has 11 rings (SSSR count). The van der Waals surface area contributed by atoms with Crippen LogP contribution in [0.5, 0.6) is 0 Å². The molecule has 0 N–H and O–H groups in total. The van der Waals surface area contributed by atoms with Gasteiger partial charge in [-0.2, -0.15) is 0 Å². The number of benzene rings is 9. The normalized spacial score (nSPS) is 11.6. The molecule has 3 nitrogen and oxygen atoms in total. The van der Waals surface area contributed by atoms with Crippen LogP contribution in [0.25, 0.3) is 111 Å². The zero-order valence-corrected chi connectivity index (χ0v) is 30.4. The van der Waals surface area contributed by atoms with Gasteiger partial charge in [-0.05, 0) is 77.2 Å². The first-order chi connectivity index (χ1) is 27.8. The highest BCUT2D eigenvalue weighted by atomic mass is 15.0. The SMILES string of the molecule is c1ccc(-c2nc(-c3ccccc3)nc(-c3ccc(-c4ccc5ccccc5c4-c4ccc(-c5ccc6cccc7c6c5-c5ccccc5-7)cc4)cc3)n2)cc1. The lowest BCUT2D eigenvalue weighted by Gasteiger charge is -2.16. The zero-order valence-electron chi connectivity index (χ0n) is 30.4. The molecule has 260 valence electrons. The molecule has 3 heteroatoms. The molecule has 0 saturated heterocycles. The van der Waals surface area contributed by atoms with Gasteiger partial charge in [0.15, 0.2) is 17.5 Å². The summed E-state index contributed by atoms with van der Waals surface area (Å²) < 4.78 is 0. The van der Waals surface area contributed by atoms with Crippen LogP contribution >= 0.6 is 0 Å². The fourth-order valence-corrected chi connectivity index (χ4v) is 8.44. The summed E-state index contributed by atoms with van der Waals surface area (Å²) in [6, 6.07) is 71.2. The fourth-order valence-electron chi connectivity index (χ4n) is 8.44. The monoisotopic (exact) mass is 711 g/mol. The molecular formula is C53H33N3. The molecule has 1 aliphatic rings. The summed E-state index contributed by atoms with van der Waals surface area (Å²) in [5.41, 5.74) is 15.3. The summed E-state index contributed by atoms with van der Waals surface area (Å²) >= 11 is 0. The summed E-state index contributed by atoms with van der Waals surface area (Å²) in [6.45, 7) is 0. The lowest BCUT2D eigenvalue weighted by molar-refractivity contribution is 1.07. The van der Waals surface area contributed by atoms with Crippen molar-refractivity contribution in [1.29, 1.82) is 0 Å². The second-order valence-electron chi connectivity index (χ2n) is 14.3. The Labute approximate surface area is 325 Å². The van der Waals surface area contributed by atoms with E-state index < -0.39 is 0 Å². The molecular weight excluding hydrogens is 679 g/mol. The third-order valence-corrected chi connectivity index (χ3v) is 11.1. The van der Waals surface area contributed by atoms with Crippen molar-refractivity contribution in [1.82, 2.24) is 15.0 Å². The fraction of sp³-hybridized carbons (Fsp3) is 0. The van der Waals surface area contributed by atoms with Crippen molar-refractivity contribution < 1.29 is 0 Å². The Morgan fingerprint density at radius 3 is 1.32 bits per heavy atom. The molecule has 0 fully saturated rings. The van der Waals surface area contributed by atoms with E-state index in [4.69, 9.17) is 15.0 Å². The minimum Gasteiger partial charge on any atom is -0.208 e. The molecule has 9 aromatic carbocycles. The average molecular weight is 712 g/mol. The predicted octanol–water partition coefficient (Wildman–Crippen LogP) is 13.8. The first-order valence-corrected chi connectivity index (χ1v) is 19.0. The molecule has 1 aliphatic carbocycles. The molecule has 0 saturated carbocycles. The number of fused-ring (bicyclic) bond motifs is 4. The van der Waals surface area contributed by atoms with Crippen LogP contribution in [0.4, 0.5) is 0 Å². The molecule has 1 aromatic heterocycles. The first-order valence-electron chi connectivity index (χ1n) is 19.0. The van der Waals surface area contributed by atoms with Crippen molar-refractivity contribution in [3.8, 4) is 89.8 Å². The maximum Gasteiger partial charge on any atom is 0.164 e. The Balaban J connectivity index is 1.00. The molecule has 0 radical (unpaired) electrons. The summed E-state index contributed by atoms with van der Waals surface area (Å²) in [5, 5.41) is 5.07. The van der Waals surface area contributed by atoms with Crippen LogP contribution in [0.2, 0.25) is 0 Å². The molecule has 0 unspecified atom stereocenters. The lowest BCUT2D eigenvalue weighted by atomic mass is 9.88. The van der Waals surface area contributed by atoms with Gasteiger partial charge in [0.05, 0.1) is 0 Å². The van der Waals surface area contributed by atoms with Gasteiger partial charge in [-0.15, -0.1) is 0 Å². The third-order valence-electron chi connectivity index (χ3n) is 11.1. The largest absolute Gasteiger partial charge is 0.208 e. The summed E-state index contributed by atoms with van der Waals surface area (Å²) in [6.07, 6.45) is 0. The maximum absolute atomic E-state index is 4.96. The van der Waals surface area contributed by atoms with Crippen LogP contribution in [-0.2, 0) is 0 Å². The molecule has 0 aliphatic heterocycles. The van der Waals surface area contributed by atoms with Gasteiger partial charge < -0.3 is 0 Å². The van der Waals surface area contributed by atoms with Crippen molar-refractivity contribution in [3.05, 3.63) is 200 Å². The topological polar surface area (TPSA) is 38.7 Å². The highest BCUT2D eigenvalue weighted by molar-refractivity contribution is 6.19. The van der Waals surface area contributed by atoms with E-state index in [0.29, 0.717) is 17.5 Å². The Kier molecular flexibility index (Phi) is 7.49. The van der Waals surface area contributed by atoms with E-state index in [0.717, 1.165) is 22.3 Å². The van der Waals surface area contributed by atoms with Crippen molar-refractivity contribution in [2.75, 3.05) is 0 Å². The Hall–Kier alpha value is -7.49. The number of rotatable bonds is 6. The van der Waals surface area contributed by atoms with Gasteiger partial charge in [0.25, 0.3) is 0 Å². The van der Waals surface area contributed by atoms with Gasteiger partial charge in [0.1, 0.15) is 0 Å². The molecule has 0 spiro atoms. The van der Waals surface area contributed by atoms with Crippen molar-refractivity contribution in [3.63, 3.8) is 0 Å². The number of hydrogen-bond donors (Lipinski definition) is 0. The highest BCUT2D eigenvalue weighted by Gasteiger charge is 2.24. The van der Waals surface area contributed by atoms with Crippen molar-refractivity contribution >= 4 is 21.5 Å². The van der Waals surface area contributed by atoms with E-state index in [1.54, 1.807) is 0 Å². The average Bonchev–Trinajstić information content (AvgIpc) is 3.62. The first kappa shape index (κ1) is 32.0. The van der Waals surface area contributed by atoms with Crippen LogP contribution in [0, 0.1) is 0 Å². The molecule has 1 heterocycles. The third kappa shape index (κ3) is 5.32. The van der Waals surface area contributed by atoms with Crippen molar-refractivity contribution in [2.45, 2.75) is 0 Å². The van der Waals surface area contributed by atoms with Gasteiger partial charge in [-0.25, -0.2) is 15.0 Å². The summed E-state index contributed by atoms with van der Waals surface area (Å²) in [4.78, 5) is 14.8. The van der Waals surface area contributed by atoms with Crippen LogP contribution in [0.3, 0.4) is 0 Å². The second kappa shape index (κ2) is 13.1. The molecule has 0 atom stereocenters. The Bertz CT molecular complexity index is 3040. The van der Waals surface area contributed by atoms with E-state index >= 15 is 0 Å². The standard InChI is InChI=1S/C53H33N3/c1-3-13-39(14-4-1)51-54-52(40-15-5-2-6-16-40)56-53(55-51)41-28-24-35(25-29-41)43-32-30-34-12-7-8-18-42(34)48(43)38-26-22-36(23-27-38)44-33-31-37-17-11-21-46-45-19-9-10-20-47(45)50(44)49(37)46/h1-33H. The van der Waals surface area contributed by atoms with Gasteiger partial charge in [0, 0.05) is 16.7 Å². The molecule has 0 bridgehead atoms. The smallest absolute Gasteiger partial charge is 0.164 e. The predicted molar refractivity (Wildman–Crippen MR) is 232 cm³/mol. The van der Waals surface area contributed by atoms with E-state index in [9.17, 15) is 0 Å². The van der Waals surface area contributed by atoms with E-state index in [2.05, 4.69) is 140 Å². The number of nitrogens with zero attached hydrogens (tertiary/aromatic N) is 3. The number of hydrogen-bond acceptors (Lipinski definition) is 3. The summed E-state index contributed by atoms with van der Waals surface area (Å²) in [7, 11) is 0. The summed E-state index contributed by atoms with van der Waals surface area (Å²) in [5.74, 6) is 1.95. The van der Waals surface area contributed by atoms with Crippen LogP contribution in [0.1, 0.15) is 0 Å². The molecule has 0 amide bonds. The minimum absolute atomic E-state index is 0.644. The van der Waals surface area contributed by atoms with Crippen LogP contribution in [-0.4, -0.2) is 15.0 Å². The lowest BCUT2D eigenvalue weighted by Crippen LogP contribution is -2.00. The minimum atomic E-state index is 0.644. The van der Waals surface area contributed by atoms with E-state index in [1.807, 2.05) is 60.7 Å². The number of aromatic nitrogens is 3. The quantitative estimate of drug-likeness (QED) is 0.172.